The van der Waals surface area contributed by atoms with Crippen molar-refractivity contribution in [3.63, 3.8) is 0 Å². The van der Waals surface area contributed by atoms with Gasteiger partial charge in [-0.1, -0.05) is 35.9 Å². The SMILES string of the molecule is Cc1ccc(S(=O)(=O)C2CN2[C]2CN2S(=O)(=O)c2ccccc2)cc1. The van der Waals surface area contributed by atoms with Crippen LogP contribution in [0.25, 0.3) is 0 Å². The van der Waals surface area contributed by atoms with Crippen LogP contribution < -0.4 is 0 Å². The molecule has 4 rings (SSSR count). The molecule has 0 saturated carbocycles. The van der Waals surface area contributed by atoms with Crippen molar-refractivity contribution in [3.8, 4) is 0 Å². The molecule has 6 nitrogen and oxygen atoms in total. The quantitative estimate of drug-likeness (QED) is 0.740. The zero-order valence-electron chi connectivity index (χ0n) is 13.5. The summed E-state index contributed by atoms with van der Waals surface area (Å²) >= 11 is 0. The third kappa shape index (κ3) is 2.89. The van der Waals surface area contributed by atoms with E-state index in [-0.39, 0.29) is 16.3 Å². The number of rotatable bonds is 5. The molecule has 131 valence electrons. The van der Waals surface area contributed by atoms with Crippen LogP contribution in [0.3, 0.4) is 0 Å². The molecule has 0 aliphatic carbocycles. The van der Waals surface area contributed by atoms with Crippen molar-refractivity contribution < 1.29 is 16.8 Å². The Balaban J connectivity index is 1.49. The van der Waals surface area contributed by atoms with Gasteiger partial charge in [-0.3, -0.25) is 4.90 Å². The van der Waals surface area contributed by atoms with Crippen LogP contribution in [0.5, 0.6) is 0 Å². The molecule has 2 aromatic rings. The summed E-state index contributed by atoms with van der Waals surface area (Å²) in [5.41, 5.74) is 0.989. The molecule has 1 radical (unpaired) electrons. The third-order valence-electron chi connectivity index (χ3n) is 4.41. The highest BCUT2D eigenvalue weighted by Gasteiger charge is 2.60. The maximum Gasteiger partial charge on any atom is 0.244 e. The number of aryl methyl sites for hydroxylation is 1. The molecule has 0 aromatic heterocycles. The first-order valence-electron chi connectivity index (χ1n) is 7.82. The summed E-state index contributed by atoms with van der Waals surface area (Å²) in [5.74, 6) is 0. The lowest BCUT2D eigenvalue weighted by Gasteiger charge is -2.07. The van der Waals surface area contributed by atoms with Crippen LogP contribution in [-0.2, 0) is 19.9 Å². The van der Waals surface area contributed by atoms with Crippen LogP contribution in [-0.4, -0.2) is 44.5 Å². The average molecular weight is 377 g/mol. The Kier molecular flexibility index (Phi) is 3.77. The van der Waals surface area contributed by atoms with Gasteiger partial charge < -0.3 is 0 Å². The first-order valence-corrected chi connectivity index (χ1v) is 10.8. The van der Waals surface area contributed by atoms with Crippen molar-refractivity contribution in [2.24, 2.45) is 0 Å². The lowest BCUT2D eigenvalue weighted by Crippen LogP contribution is -2.18. The van der Waals surface area contributed by atoms with E-state index in [2.05, 4.69) is 0 Å². The molecule has 0 bridgehead atoms. The van der Waals surface area contributed by atoms with Crippen LogP contribution in [0.15, 0.2) is 64.4 Å². The molecular weight excluding hydrogens is 360 g/mol. The predicted octanol–water partition coefficient (Wildman–Crippen LogP) is 1.60. The highest BCUT2D eigenvalue weighted by Crippen LogP contribution is 2.45. The third-order valence-corrected chi connectivity index (χ3v) is 8.24. The number of hydrogen-bond acceptors (Lipinski definition) is 5. The largest absolute Gasteiger partial charge is 0.260 e. The van der Waals surface area contributed by atoms with E-state index in [9.17, 15) is 16.8 Å². The van der Waals surface area contributed by atoms with Crippen molar-refractivity contribution in [1.82, 2.24) is 9.21 Å². The Bertz CT molecular complexity index is 1000. The fourth-order valence-electron chi connectivity index (χ4n) is 2.81. The zero-order valence-corrected chi connectivity index (χ0v) is 15.2. The minimum Gasteiger partial charge on any atom is -0.260 e. The molecule has 0 N–H and O–H groups in total. The number of nitrogens with zero attached hydrogens (tertiary/aromatic N) is 2. The van der Waals surface area contributed by atoms with Gasteiger partial charge in [-0.15, -0.1) is 0 Å². The van der Waals surface area contributed by atoms with Crippen LogP contribution in [0.4, 0.5) is 0 Å². The van der Waals surface area contributed by atoms with Gasteiger partial charge in [0, 0.05) is 6.54 Å². The fourth-order valence-corrected chi connectivity index (χ4v) is 5.88. The zero-order chi connectivity index (χ0) is 17.8. The monoisotopic (exact) mass is 377 g/mol. The predicted molar refractivity (Wildman–Crippen MR) is 92.4 cm³/mol. The molecule has 0 amide bonds. The van der Waals surface area contributed by atoms with Gasteiger partial charge in [0.2, 0.25) is 10.0 Å². The minimum absolute atomic E-state index is 0.213. The normalized spacial score (nSPS) is 26.4. The van der Waals surface area contributed by atoms with E-state index in [4.69, 9.17) is 0 Å². The van der Waals surface area contributed by atoms with E-state index in [0.717, 1.165) is 5.56 Å². The topological polar surface area (TPSA) is 74.3 Å². The molecule has 2 aliphatic rings. The Morgan fingerprint density at radius 1 is 0.880 bits per heavy atom. The minimum atomic E-state index is -3.60. The Morgan fingerprint density at radius 3 is 2.16 bits per heavy atom. The van der Waals surface area contributed by atoms with Crippen LogP contribution >= 0.6 is 0 Å². The average Bonchev–Trinajstić information content (AvgIpc) is 3.47. The second-order valence-electron chi connectivity index (χ2n) is 6.21. The molecule has 2 aliphatic heterocycles. The Hall–Kier alpha value is -1.74. The van der Waals surface area contributed by atoms with Crippen molar-refractivity contribution in [2.45, 2.75) is 22.1 Å². The molecule has 2 heterocycles. The van der Waals surface area contributed by atoms with E-state index in [1.54, 1.807) is 47.4 Å². The molecule has 3 unspecified atom stereocenters. The van der Waals surface area contributed by atoms with Gasteiger partial charge in [-0.2, -0.15) is 4.31 Å². The summed E-state index contributed by atoms with van der Waals surface area (Å²) in [4.78, 5) is 2.12. The molecule has 25 heavy (non-hydrogen) atoms. The fraction of sp³-hybridized carbons (Fsp3) is 0.235. The summed E-state index contributed by atoms with van der Waals surface area (Å²) in [6, 6.07) is 14.9. The molecule has 3 atom stereocenters. The Morgan fingerprint density at radius 2 is 1.52 bits per heavy atom. The van der Waals surface area contributed by atoms with E-state index in [1.807, 2.05) is 6.92 Å². The van der Waals surface area contributed by atoms with Gasteiger partial charge in [-0.05, 0) is 31.2 Å². The van der Waals surface area contributed by atoms with Crippen molar-refractivity contribution in [3.05, 3.63) is 66.3 Å². The highest BCUT2D eigenvalue weighted by molar-refractivity contribution is 7.92. The van der Waals surface area contributed by atoms with E-state index < -0.39 is 25.2 Å². The standard InChI is InChI=1S/C17H17N2O4S2/c1-13-7-9-14(10-8-13)24(20,21)17-12-18(17)16-11-19(16)25(22,23)15-5-3-2-4-6-15/h2-10,17H,11-12H2,1H3. The highest BCUT2D eigenvalue weighted by atomic mass is 32.2. The summed E-state index contributed by atoms with van der Waals surface area (Å²) in [5, 5.41) is -0.679. The molecule has 2 saturated heterocycles. The molecule has 0 spiro atoms. The van der Waals surface area contributed by atoms with E-state index in [1.165, 1.54) is 16.4 Å². The number of hydrogen-bond donors (Lipinski definition) is 0. The van der Waals surface area contributed by atoms with Gasteiger partial charge in [0.25, 0.3) is 0 Å². The molecule has 2 fully saturated rings. The first-order chi connectivity index (χ1) is 11.8. The van der Waals surface area contributed by atoms with Gasteiger partial charge >= 0.3 is 0 Å². The lowest BCUT2D eigenvalue weighted by molar-refractivity contribution is 0.524. The maximum absolute atomic E-state index is 12.7. The summed E-state index contributed by atoms with van der Waals surface area (Å²) < 4.78 is 51.6. The van der Waals surface area contributed by atoms with Crippen molar-refractivity contribution in [1.29, 1.82) is 0 Å². The van der Waals surface area contributed by atoms with Crippen LogP contribution in [0, 0.1) is 13.1 Å². The van der Waals surface area contributed by atoms with Gasteiger partial charge in [0.1, 0.15) is 11.5 Å². The van der Waals surface area contributed by atoms with Crippen LogP contribution in [0.2, 0.25) is 0 Å². The smallest absolute Gasteiger partial charge is 0.244 e. The van der Waals surface area contributed by atoms with Gasteiger partial charge in [0.15, 0.2) is 9.84 Å². The Labute approximate surface area is 147 Å². The second kappa shape index (κ2) is 5.63. The summed E-state index contributed by atoms with van der Waals surface area (Å²) in [7, 11) is -7.09. The number of sulfone groups is 1. The second-order valence-corrected chi connectivity index (χ2v) is 10.2. The number of sulfonamides is 1. The van der Waals surface area contributed by atoms with E-state index in [0.29, 0.717) is 12.7 Å². The summed E-state index contributed by atoms with van der Waals surface area (Å²) in [6.45, 7) is 2.47. The van der Waals surface area contributed by atoms with E-state index >= 15 is 0 Å². The maximum atomic E-state index is 12.7. The first kappa shape index (κ1) is 16.7. The van der Waals surface area contributed by atoms with Crippen molar-refractivity contribution >= 4 is 19.9 Å². The summed E-state index contributed by atoms with van der Waals surface area (Å²) in [6.07, 6.45) is 0.546. The molecule has 2 aromatic carbocycles. The molecular formula is C17H17N2O4S2. The lowest BCUT2D eigenvalue weighted by atomic mass is 10.2. The molecule has 8 heteroatoms. The van der Waals surface area contributed by atoms with Crippen molar-refractivity contribution in [2.75, 3.05) is 13.1 Å². The van der Waals surface area contributed by atoms with Gasteiger partial charge in [-0.25, -0.2) is 16.8 Å². The number of benzene rings is 2. The van der Waals surface area contributed by atoms with Crippen LogP contribution in [0.1, 0.15) is 5.56 Å². The van der Waals surface area contributed by atoms with Gasteiger partial charge in [0.05, 0.1) is 16.3 Å².